The molecule has 0 atom stereocenters. The summed E-state index contributed by atoms with van der Waals surface area (Å²) in [5, 5.41) is 5.67. The van der Waals surface area contributed by atoms with Crippen molar-refractivity contribution in [1.82, 2.24) is 5.32 Å². The number of carbonyl (C=O) groups excluding carboxylic acids is 2. The van der Waals surface area contributed by atoms with Crippen LogP contribution in [0.4, 0.5) is 5.69 Å². The summed E-state index contributed by atoms with van der Waals surface area (Å²) in [5.74, 6) is 0.159. The van der Waals surface area contributed by atoms with E-state index in [4.69, 9.17) is 4.74 Å². The number of nitrogens with one attached hydrogen (secondary N) is 2. The lowest BCUT2D eigenvalue weighted by atomic mass is 9.90. The molecule has 144 valence electrons. The van der Waals surface area contributed by atoms with Gasteiger partial charge in [-0.3, -0.25) is 9.59 Å². The predicted molar refractivity (Wildman–Crippen MR) is 108 cm³/mol. The minimum Gasteiger partial charge on any atom is -0.497 e. The molecule has 2 N–H and O–H groups in total. The summed E-state index contributed by atoms with van der Waals surface area (Å²) in [4.78, 5) is 25.1. The Hall–Kier alpha value is -2.82. The summed E-state index contributed by atoms with van der Waals surface area (Å²) in [6, 6.07) is 15.4. The number of amides is 2. The van der Waals surface area contributed by atoms with E-state index in [2.05, 4.69) is 17.6 Å². The maximum absolute atomic E-state index is 12.6. The number of hydrogen-bond acceptors (Lipinski definition) is 3. The fraction of sp³-hybridized carbons (Fsp3) is 0.364. The third-order valence-corrected chi connectivity index (χ3v) is 4.59. The predicted octanol–water partition coefficient (Wildman–Crippen LogP) is 3.58. The average molecular weight is 368 g/mol. The highest BCUT2D eigenvalue weighted by molar-refractivity contribution is 6.09. The lowest BCUT2D eigenvalue weighted by molar-refractivity contribution is -0.138. The summed E-state index contributed by atoms with van der Waals surface area (Å²) in [6.45, 7) is 5.79. The second kappa shape index (κ2) is 9.21. The first-order valence-electron chi connectivity index (χ1n) is 9.18. The number of anilines is 1. The summed E-state index contributed by atoms with van der Waals surface area (Å²) >= 11 is 0. The van der Waals surface area contributed by atoms with Crippen LogP contribution in [-0.4, -0.2) is 25.5 Å². The zero-order valence-electron chi connectivity index (χ0n) is 16.5. The molecule has 0 saturated heterocycles. The molecule has 0 aliphatic heterocycles. The van der Waals surface area contributed by atoms with Crippen LogP contribution in [0.25, 0.3) is 0 Å². The maximum atomic E-state index is 12.6. The molecule has 2 rings (SSSR count). The van der Waals surface area contributed by atoms with Gasteiger partial charge in [-0.2, -0.15) is 0 Å². The number of rotatable bonds is 8. The smallest absolute Gasteiger partial charge is 0.239 e. The Kier molecular flexibility index (Phi) is 6.99. The molecule has 0 bridgehead atoms. The van der Waals surface area contributed by atoms with Gasteiger partial charge in [0.15, 0.2) is 0 Å². The minimum absolute atomic E-state index is 0.298. The molecule has 27 heavy (non-hydrogen) atoms. The van der Waals surface area contributed by atoms with Gasteiger partial charge in [-0.1, -0.05) is 31.2 Å². The van der Waals surface area contributed by atoms with E-state index < -0.39 is 5.41 Å². The van der Waals surface area contributed by atoms with Gasteiger partial charge in [0.25, 0.3) is 0 Å². The van der Waals surface area contributed by atoms with Crippen LogP contribution >= 0.6 is 0 Å². The second-order valence-corrected chi connectivity index (χ2v) is 6.99. The summed E-state index contributed by atoms with van der Waals surface area (Å²) < 4.78 is 5.20. The first kappa shape index (κ1) is 20.5. The van der Waals surface area contributed by atoms with Crippen molar-refractivity contribution in [2.75, 3.05) is 19.0 Å². The number of aryl methyl sites for hydroxylation is 1. The third-order valence-electron chi connectivity index (χ3n) is 4.59. The first-order valence-corrected chi connectivity index (χ1v) is 9.18. The van der Waals surface area contributed by atoms with Crippen LogP contribution in [0, 0.1) is 5.41 Å². The van der Waals surface area contributed by atoms with Crippen LogP contribution in [0.15, 0.2) is 48.5 Å². The third kappa shape index (κ3) is 5.58. The number of methoxy groups -OCH3 is 1. The molecule has 5 heteroatoms. The Morgan fingerprint density at radius 3 is 2.33 bits per heavy atom. The topological polar surface area (TPSA) is 67.4 Å². The van der Waals surface area contributed by atoms with Gasteiger partial charge >= 0.3 is 0 Å². The van der Waals surface area contributed by atoms with E-state index >= 15 is 0 Å². The van der Waals surface area contributed by atoms with Crippen molar-refractivity contribution in [2.45, 2.75) is 33.6 Å². The summed E-state index contributed by atoms with van der Waals surface area (Å²) in [7, 11) is 1.62. The zero-order valence-corrected chi connectivity index (χ0v) is 16.5. The standard InChI is InChI=1S/C22H28N2O3/c1-5-16-9-11-18(12-10-16)24-21(26)22(2,3)20(25)23-14-13-17-7-6-8-19(15-17)27-4/h6-12,15H,5,13-14H2,1-4H3,(H,23,25)(H,24,26). The van der Waals surface area contributed by atoms with Crippen LogP contribution < -0.4 is 15.4 Å². The molecule has 0 saturated carbocycles. The van der Waals surface area contributed by atoms with Gasteiger partial charge in [0.05, 0.1) is 7.11 Å². The minimum atomic E-state index is -1.17. The Labute approximate surface area is 161 Å². The first-order chi connectivity index (χ1) is 12.9. The molecule has 0 fully saturated rings. The van der Waals surface area contributed by atoms with Crippen molar-refractivity contribution in [3.05, 3.63) is 59.7 Å². The average Bonchev–Trinajstić information content (AvgIpc) is 2.68. The Balaban J connectivity index is 1.89. The van der Waals surface area contributed by atoms with Gasteiger partial charge in [0.1, 0.15) is 11.2 Å². The molecule has 0 aliphatic rings. The van der Waals surface area contributed by atoms with Crippen molar-refractivity contribution in [1.29, 1.82) is 0 Å². The second-order valence-electron chi connectivity index (χ2n) is 6.99. The molecule has 5 nitrogen and oxygen atoms in total. The maximum Gasteiger partial charge on any atom is 0.239 e. The van der Waals surface area contributed by atoms with Crippen LogP contribution in [0.3, 0.4) is 0 Å². The molecule has 0 spiro atoms. The van der Waals surface area contributed by atoms with Crippen molar-refractivity contribution < 1.29 is 14.3 Å². The lowest BCUT2D eigenvalue weighted by Crippen LogP contribution is -2.45. The van der Waals surface area contributed by atoms with E-state index in [1.54, 1.807) is 21.0 Å². The lowest BCUT2D eigenvalue weighted by Gasteiger charge is -2.23. The van der Waals surface area contributed by atoms with E-state index in [9.17, 15) is 9.59 Å². The van der Waals surface area contributed by atoms with Crippen molar-refractivity contribution in [2.24, 2.45) is 5.41 Å². The summed E-state index contributed by atoms with van der Waals surface area (Å²) in [6.07, 6.45) is 1.61. The van der Waals surface area contributed by atoms with Crippen LogP contribution in [-0.2, 0) is 22.4 Å². The van der Waals surface area contributed by atoms with Crippen LogP contribution in [0.1, 0.15) is 31.9 Å². The molecule has 0 aliphatic carbocycles. The van der Waals surface area contributed by atoms with Crippen molar-refractivity contribution in [3.63, 3.8) is 0 Å². The number of ether oxygens (including phenoxy) is 1. The fourth-order valence-electron chi connectivity index (χ4n) is 2.58. The molecular formula is C22H28N2O3. The SMILES string of the molecule is CCc1ccc(NC(=O)C(C)(C)C(=O)NCCc2cccc(OC)c2)cc1. The molecular weight excluding hydrogens is 340 g/mol. The molecule has 2 aromatic carbocycles. The van der Waals surface area contributed by atoms with Crippen LogP contribution in [0.5, 0.6) is 5.75 Å². The highest BCUT2D eigenvalue weighted by atomic mass is 16.5. The van der Waals surface area contributed by atoms with E-state index in [1.165, 1.54) is 5.56 Å². The Bertz CT molecular complexity index is 782. The van der Waals surface area contributed by atoms with Gasteiger partial charge in [0.2, 0.25) is 11.8 Å². The number of benzene rings is 2. The van der Waals surface area contributed by atoms with Gasteiger partial charge in [-0.15, -0.1) is 0 Å². The fourth-order valence-corrected chi connectivity index (χ4v) is 2.58. The van der Waals surface area contributed by atoms with E-state index in [1.807, 2.05) is 48.5 Å². The van der Waals surface area contributed by atoms with Gasteiger partial charge < -0.3 is 15.4 Å². The molecule has 0 radical (unpaired) electrons. The summed E-state index contributed by atoms with van der Waals surface area (Å²) in [5.41, 5.74) is 1.78. The number of carbonyl (C=O) groups is 2. The largest absolute Gasteiger partial charge is 0.497 e. The zero-order chi connectivity index (χ0) is 19.9. The van der Waals surface area contributed by atoms with E-state index in [0.717, 1.165) is 17.7 Å². The van der Waals surface area contributed by atoms with Gasteiger partial charge in [-0.05, 0) is 62.1 Å². The van der Waals surface area contributed by atoms with Crippen molar-refractivity contribution in [3.8, 4) is 5.75 Å². The Morgan fingerprint density at radius 2 is 1.70 bits per heavy atom. The van der Waals surface area contributed by atoms with Crippen molar-refractivity contribution >= 4 is 17.5 Å². The van der Waals surface area contributed by atoms with E-state index in [0.29, 0.717) is 18.7 Å². The molecule has 2 amide bonds. The normalized spacial score (nSPS) is 11.0. The Morgan fingerprint density at radius 1 is 1.00 bits per heavy atom. The van der Waals surface area contributed by atoms with Crippen LogP contribution in [0.2, 0.25) is 0 Å². The molecule has 0 unspecified atom stereocenters. The highest BCUT2D eigenvalue weighted by Gasteiger charge is 2.35. The highest BCUT2D eigenvalue weighted by Crippen LogP contribution is 2.20. The molecule has 0 aromatic heterocycles. The molecule has 2 aromatic rings. The van der Waals surface area contributed by atoms with Gasteiger partial charge in [-0.25, -0.2) is 0 Å². The van der Waals surface area contributed by atoms with Gasteiger partial charge in [0, 0.05) is 12.2 Å². The van der Waals surface area contributed by atoms with E-state index in [-0.39, 0.29) is 11.8 Å². The number of hydrogen-bond donors (Lipinski definition) is 2. The molecule has 0 heterocycles. The quantitative estimate of drug-likeness (QED) is 0.700. The monoisotopic (exact) mass is 368 g/mol.